The van der Waals surface area contributed by atoms with Crippen molar-refractivity contribution in [3.05, 3.63) is 36.4 Å². The van der Waals surface area contributed by atoms with E-state index in [4.69, 9.17) is 24.5 Å². The average molecular weight is 605 g/mol. The van der Waals surface area contributed by atoms with Crippen LogP contribution in [0.2, 0.25) is 0 Å². The number of phosphoric acid groups is 1. The standard InChI is InChI=1S/C16H21NO3.C10H12N5O6P/c1-19-14-7-6-11(12-9-16(18)17-10-12)8-15(14)20-13-4-2-3-5-13;11-8-5-9(13-2-12-8)15(3-14-5)10-6(16)7-4(20-10)1-19-22(17,18)21-7/h6-8,12-13H,2-5,9-10H2,1H3,(H,17,18);2-4,6-7,10,16H,1H2,(H,17,18)(H2,11,12,13)/t;4-,6-,7-,10-/m.1/s1. The third kappa shape index (κ3) is 5.80. The highest BCUT2D eigenvalue weighted by atomic mass is 31.2. The Morgan fingerprint density at radius 2 is 2.00 bits per heavy atom. The van der Waals surface area contributed by atoms with E-state index in [-0.39, 0.29) is 24.2 Å². The zero-order chi connectivity index (χ0) is 29.4. The van der Waals surface area contributed by atoms with Crippen molar-refractivity contribution in [3.63, 3.8) is 0 Å². The molecule has 4 aliphatic rings. The predicted molar refractivity (Wildman–Crippen MR) is 147 cm³/mol. The maximum Gasteiger partial charge on any atom is 0.472 e. The van der Waals surface area contributed by atoms with Crippen LogP contribution in [0.1, 0.15) is 49.8 Å². The number of nitrogens with one attached hydrogen (secondary N) is 1. The number of carbonyl (C=O) groups excluding carboxylic acids is 1. The first-order chi connectivity index (χ1) is 20.2. The van der Waals surface area contributed by atoms with Gasteiger partial charge in [0.05, 0.1) is 26.1 Å². The Morgan fingerprint density at radius 3 is 2.74 bits per heavy atom. The third-order valence-electron chi connectivity index (χ3n) is 7.86. The van der Waals surface area contributed by atoms with Gasteiger partial charge in [0.25, 0.3) is 0 Å². The van der Waals surface area contributed by atoms with Crippen molar-refractivity contribution >= 4 is 30.7 Å². The summed E-state index contributed by atoms with van der Waals surface area (Å²) < 4.78 is 39.6. The van der Waals surface area contributed by atoms with Gasteiger partial charge >= 0.3 is 7.82 Å². The van der Waals surface area contributed by atoms with E-state index >= 15 is 0 Å². The number of anilines is 1. The molecule has 1 aliphatic carbocycles. The van der Waals surface area contributed by atoms with Gasteiger partial charge in [-0.2, -0.15) is 0 Å². The lowest BCUT2D eigenvalue weighted by Crippen LogP contribution is -2.39. The highest BCUT2D eigenvalue weighted by molar-refractivity contribution is 7.47. The Bertz CT molecular complexity index is 1500. The number of aliphatic hydroxyl groups excluding tert-OH is 1. The van der Waals surface area contributed by atoms with E-state index in [0.29, 0.717) is 30.2 Å². The summed E-state index contributed by atoms with van der Waals surface area (Å²) in [5.74, 6) is 2.17. The van der Waals surface area contributed by atoms with E-state index in [9.17, 15) is 19.4 Å². The molecule has 0 bridgehead atoms. The number of hydrogen-bond acceptors (Lipinski definition) is 12. The number of aliphatic hydroxyl groups is 1. The summed E-state index contributed by atoms with van der Waals surface area (Å²) in [6, 6.07) is 6.02. The molecule has 7 rings (SSSR count). The molecule has 0 spiro atoms. The maximum atomic E-state index is 11.5. The Labute approximate surface area is 240 Å². The van der Waals surface area contributed by atoms with Crippen LogP contribution in [0.25, 0.3) is 11.2 Å². The molecule has 4 fully saturated rings. The SMILES string of the molecule is COc1ccc(C2CNC(=O)C2)cc1OC1CCCC1.Nc1ncnc2c1ncn2[C@@H]1O[C@@H]2COP(=O)(O)O[C@H]2[C@H]1O. The molecular weight excluding hydrogens is 571 g/mol. The van der Waals surface area contributed by atoms with Crippen molar-refractivity contribution < 1.29 is 42.6 Å². The fourth-order valence-corrected chi connectivity index (χ4v) is 6.65. The van der Waals surface area contributed by atoms with Gasteiger partial charge in [-0.05, 0) is 43.4 Å². The van der Waals surface area contributed by atoms with Crippen molar-refractivity contribution in [2.24, 2.45) is 0 Å². The lowest BCUT2D eigenvalue weighted by Gasteiger charge is -2.27. The fourth-order valence-electron chi connectivity index (χ4n) is 5.69. The molecule has 5 N–H and O–H groups in total. The van der Waals surface area contributed by atoms with Crippen LogP contribution in [0.5, 0.6) is 11.5 Å². The summed E-state index contributed by atoms with van der Waals surface area (Å²) in [6.07, 6.45) is 4.54. The summed E-state index contributed by atoms with van der Waals surface area (Å²) in [5, 5.41) is 13.2. The normalized spacial score (nSPS) is 30.9. The minimum Gasteiger partial charge on any atom is -0.493 e. The second kappa shape index (κ2) is 11.7. The van der Waals surface area contributed by atoms with Gasteiger partial charge in [0, 0.05) is 18.9 Å². The number of imidazole rings is 1. The number of nitrogen functional groups attached to an aromatic ring is 1. The van der Waals surface area contributed by atoms with E-state index in [1.54, 1.807) is 7.11 Å². The van der Waals surface area contributed by atoms with Gasteiger partial charge in [-0.15, -0.1) is 0 Å². The molecule has 3 aliphatic heterocycles. The maximum absolute atomic E-state index is 11.5. The minimum atomic E-state index is -4.16. The number of fused-ring (bicyclic) bond motifs is 2. The summed E-state index contributed by atoms with van der Waals surface area (Å²) in [7, 11) is -2.50. The number of rotatable bonds is 5. The molecule has 6 atom stereocenters. The topological polar surface area (TPSA) is 202 Å². The number of aromatic nitrogens is 4. The number of carbonyl (C=O) groups is 1. The zero-order valence-electron chi connectivity index (χ0n) is 22.9. The fraction of sp³-hybridized carbons (Fsp3) is 0.538. The van der Waals surface area contributed by atoms with Crippen molar-refractivity contribution in [2.75, 3.05) is 26.0 Å². The molecule has 2 aromatic heterocycles. The molecule has 15 nitrogen and oxygen atoms in total. The van der Waals surface area contributed by atoms with E-state index in [1.807, 2.05) is 18.2 Å². The van der Waals surface area contributed by atoms with Crippen LogP contribution >= 0.6 is 7.82 Å². The summed E-state index contributed by atoms with van der Waals surface area (Å²) in [6.45, 7) is 0.559. The van der Waals surface area contributed by atoms with Crippen LogP contribution in [-0.2, 0) is 23.1 Å². The van der Waals surface area contributed by atoms with Crippen molar-refractivity contribution in [1.82, 2.24) is 24.8 Å². The molecular formula is C26H33N6O9P. The van der Waals surface area contributed by atoms with Crippen molar-refractivity contribution in [1.29, 1.82) is 0 Å². The first-order valence-corrected chi connectivity index (χ1v) is 15.3. The van der Waals surface area contributed by atoms with E-state index < -0.39 is 32.4 Å². The van der Waals surface area contributed by atoms with E-state index in [0.717, 1.165) is 29.9 Å². The second-order valence-corrected chi connectivity index (χ2v) is 12.0. The number of ether oxygens (including phenoxy) is 3. The molecule has 1 amide bonds. The number of phosphoric ester groups is 1. The summed E-state index contributed by atoms with van der Waals surface area (Å²) in [5.41, 5.74) is 7.61. The molecule has 0 radical (unpaired) electrons. The molecule has 3 saturated heterocycles. The first kappa shape index (κ1) is 28.8. The van der Waals surface area contributed by atoms with Gasteiger partial charge in [0.15, 0.2) is 29.2 Å². The largest absolute Gasteiger partial charge is 0.493 e. The average Bonchev–Trinajstić information content (AvgIpc) is 3.78. The molecule has 226 valence electrons. The van der Waals surface area contributed by atoms with Gasteiger partial charge in [0.2, 0.25) is 5.91 Å². The Kier molecular flexibility index (Phi) is 8.05. The Morgan fingerprint density at radius 1 is 1.19 bits per heavy atom. The molecule has 5 heterocycles. The zero-order valence-corrected chi connectivity index (χ0v) is 23.8. The predicted octanol–water partition coefficient (Wildman–Crippen LogP) is 1.80. The smallest absolute Gasteiger partial charge is 0.472 e. The van der Waals surface area contributed by atoms with Gasteiger partial charge < -0.3 is 35.3 Å². The van der Waals surface area contributed by atoms with Crippen LogP contribution < -0.4 is 20.5 Å². The molecule has 16 heteroatoms. The van der Waals surface area contributed by atoms with Crippen LogP contribution in [0.3, 0.4) is 0 Å². The van der Waals surface area contributed by atoms with Gasteiger partial charge in [-0.1, -0.05) is 6.07 Å². The highest BCUT2D eigenvalue weighted by Crippen LogP contribution is 2.52. The van der Waals surface area contributed by atoms with Gasteiger partial charge in [-0.25, -0.2) is 19.5 Å². The Balaban J connectivity index is 0.000000151. The summed E-state index contributed by atoms with van der Waals surface area (Å²) >= 11 is 0. The number of methoxy groups -OCH3 is 1. The van der Waals surface area contributed by atoms with Crippen LogP contribution in [0, 0.1) is 0 Å². The first-order valence-electron chi connectivity index (χ1n) is 13.8. The molecule has 42 heavy (non-hydrogen) atoms. The quantitative estimate of drug-likeness (QED) is 0.307. The highest BCUT2D eigenvalue weighted by Gasteiger charge is 2.52. The monoisotopic (exact) mass is 604 g/mol. The van der Waals surface area contributed by atoms with E-state index in [2.05, 4.69) is 24.8 Å². The van der Waals surface area contributed by atoms with Crippen LogP contribution in [-0.4, -0.2) is 80.1 Å². The number of nitrogens with zero attached hydrogens (tertiary/aromatic N) is 4. The van der Waals surface area contributed by atoms with E-state index in [1.165, 1.54) is 30.1 Å². The number of benzene rings is 1. The summed E-state index contributed by atoms with van der Waals surface area (Å²) in [4.78, 5) is 32.7. The van der Waals surface area contributed by atoms with Gasteiger partial charge in [0.1, 0.15) is 30.2 Å². The molecule has 1 aromatic carbocycles. The third-order valence-corrected chi connectivity index (χ3v) is 8.85. The number of amides is 1. The lowest BCUT2D eigenvalue weighted by molar-refractivity contribution is -0.119. The van der Waals surface area contributed by atoms with Crippen LogP contribution in [0.15, 0.2) is 30.9 Å². The molecule has 1 saturated carbocycles. The second-order valence-electron chi connectivity index (χ2n) is 10.6. The number of hydrogen-bond donors (Lipinski definition) is 4. The number of nitrogens with two attached hydrogens (primary N) is 1. The Hall–Kier alpha value is -3.33. The van der Waals surface area contributed by atoms with Crippen LogP contribution in [0.4, 0.5) is 5.82 Å². The lowest BCUT2D eigenvalue weighted by atomic mass is 9.98. The van der Waals surface area contributed by atoms with Gasteiger partial charge in [-0.3, -0.25) is 18.4 Å². The molecule has 2 unspecified atom stereocenters. The van der Waals surface area contributed by atoms with Crippen molar-refractivity contribution in [3.8, 4) is 11.5 Å². The minimum absolute atomic E-state index is 0.129. The van der Waals surface area contributed by atoms with Crippen molar-refractivity contribution in [2.45, 2.75) is 68.7 Å². The molecule has 3 aromatic rings.